The van der Waals surface area contributed by atoms with Crippen molar-refractivity contribution in [3.63, 3.8) is 0 Å². The Morgan fingerprint density at radius 3 is 2.76 bits per heavy atom. The molecule has 1 aliphatic rings. The second-order valence-corrected chi connectivity index (χ2v) is 6.01. The number of nitrogens with zero attached hydrogens (tertiary/aromatic N) is 3. The van der Waals surface area contributed by atoms with Gasteiger partial charge < -0.3 is 19.7 Å². The average molecular weight is 363 g/mol. The SMILES string of the molecule is COC(=O)c1ccc(Cl)c(Nc2nc(C)cc(N3CCOCC3)n2)c1. The van der Waals surface area contributed by atoms with Gasteiger partial charge in [0.1, 0.15) is 5.82 Å². The van der Waals surface area contributed by atoms with E-state index in [1.165, 1.54) is 7.11 Å². The number of halogens is 1. The van der Waals surface area contributed by atoms with Crippen molar-refractivity contribution < 1.29 is 14.3 Å². The van der Waals surface area contributed by atoms with E-state index < -0.39 is 5.97 Å². The fraction of sp³-hybridized carbons (Fsp3) is 0.353. The van der Waals surface area contributed by atoms with E-state index in [2.05, 4.69) is 20.2 Å². The molecule has 7 nitrogen and oxygen atoms in total. The van der Waals surface area contributed by atoms with Gasteiger partial charge in [0.25, 0.3) is 0 Å². The maximum absolute atomic E-state index is 11.7. The highest BCUT2D eigenvalue weighted by molar-refractivity contribution is 6.33. The lowest BCUT2D eigenvalue weighted by Crippen LogP contribution is -2.36. The monoisotopic (exact) mass is 362 g/mol. The molecule has 1 saturated heterocycles. The number of aryl methyl sites for hydroxylation is 1. The number of methoxy groups -OCH3 is 1. The van der Waals surface area contributed by atoms with Crippen LogP contribution in [0.1, 0.15) is 16.1 Å². The number of carbonyl (C=O) groups excluding carboxylic acids is 1. The van der Waals surface area contributed by atoms with Crippen molar-refractivity contribution in [3.05, 3.63) is 40.5 Å². The Bertz CT molecular complexity index is 778. The number of anilines is 3. The third kappa shape index (κ3) is 4.18. The number of benzene rings is 1. The average Bonchev–Trinajstić information content (AvgIpc) is 2.63. The molecule has 8 heteroatoms. The summed E-state index contributed by atoms with van der Waals surface area (Å²) in [7, 11) is 1.34. The summed E-state index contributed by atoms with van der Waals surface area (Å²) in [4.78, 5) is 22.8. The highest BCUT2D eigenvalue weighted by atomic mass is 35.5. The van der Waals surface area contributed by atoms with Crippen LogP contribution in [0.15, 0.2) is 24.3 Å². The molecule has 0 amide bonds. The minimum atomic E-state index is -0.432. The molecular formula is C17H19ClN4O3. The minimum absolute atomic E-state index is 0.399. The number of rotatable bonds is 4. The Labute approximate surface area is 150 Å². The molecular weight excluding hydrogens is 344 g/mol. The Morgan fingerprint density at radius 1 is 1.28 bits per heavy atom. The molecule has 0 saturated carbocycles. The summed E-state index contributed by atoms with van der Waals surface area (Å²) >= 11 is 6.23. The van der Waals surface area contributed by atoms with E-state index >= 15 is 0 Å². The van der Waals surface area contributed by atoms with Crippen LogP contribution < -0.4 is 10.2 Å². The lowest BCUT2D eigenvalue weighted by Gasteiger charge is -2.28. The molecule has 132 valence electrons. The summed E-state index contributed by atoms with van der Waals surface area (Å²) < 4.78 is 10.1. The maximum atomic E-state index is 11.7. The summed E-state index contributed by atoms with van der Waals surface area (Å²) in [5.41, 5.74) is 1.78. The van der Waals surface area contributed by atoms with Crippen LogP contribution in [0.3, 0.4) is 0 Å². The summed E-state index contributed by atoms with van der Waals surface area (Å²) in [5, 5.41) is 3.56. The zero-order chi connectivity index (χ0) is 17.8. The van der Waals surface area contributed by atoms with E-state index in [1.807, 2.05) is 13.0 Å². The summed E-state index contributed by atoms with van der Waals surface area (Å²) in [5.74, 6) is 0.822. The van der Waals surface area contributed by atoms with Gasteiger partial charge in [-0.25, -0.2) is 9.78 Å². The quantitative estimate of drug-likeness (QED) is 0.838. The molecule has 0 radical (unpaired) electrons. The van der Waals surface area contributed by atoms with Crippen molar-refractivity contribution in [1.29, 1.82) is 0 Å². The number of carbonyl (C=O) groups is 1. The lowest BCUT2D eigenvalue weighted by atomic mass is 10.2. The van der Waals surface area contributed by atoms with Gasteiger partial charge in [0.2, 0.25) is 5.95 Å². The zero-order valence-electron chi connectivity index (χ0n) is 14.1. The number of morpholine rings is 1. The zero-order valence-corrected chi connectivity index (χ0v) is 14.8. The number of ether oxygens (including phenoxy) is 2. The van der Waals surface area contributed by atoms with Crippen LogP contribution >= 0.6 is 11.6 Å². The van der Waals surface area contributed by atoms with Crippen LogP contribution in [0.4, 0.5) is 17.5 Å². The smallest absolute Gasteiger partial charge is 0.337 e. The van der Waals surface area contributed by atoms with Gasteiger partial charge in [0, 0.05) is 24.8 Å². The Morgan fingerprint density at radius 2 is 2.04 bits per heavy atom. The normalized spacial score (nSPS) is 14.3. The van der Waals surface area contributed by atoms with Crippen LogP contribution in [-0.2, 0) is 9.47 Å². The van der Waals surface area contributed by atoms with Gasteiger partial charge in [-0.15, -0.1) is 0 Å². The van der Waals surface area contributed by atoms with Gasteiger partial charge in [-0.3, -0.25) is 0 Å². The van der Waals surface area contributed by atoms with E-state index in [-0.39, 0.29) is 0 Å². The van der Waals surface area contributed by atoms with E-state index in [0.29, 0.717) is 35.4 Å². The Balaban J connectivity index is 1.87. The molecule has 1 aromatic carbocycles. The first-order valence-corrected chi connectivity index (χ1v) is 8.28. The van der Waals surface area contributed by atoms with Crippen LogP contribution in [0.25, 0.3) is 0 Å². The molecule has 1 aliphatic heterocycles. The Hall–Kier alpha value is -2.38. The maximum Gasteiger partial charge on any atom is 0.337 e. The number of nitrogens with one attached hydrogen (secondary N) is 1. The molecule has 1 fully saturated rings. The largest absolute Gasteiger partial charge is 0.465 e. The van der Waals surface area contributed by atoms with Crippen LogP contribution in [0.5, 0.6) is 0 Å². The predicted molar refractivity (Wildman–Crippen MR) is 95.9 cm³/mol. The van der Waals surface area contributed by atoms with Crippen molar-refractivity contribution in [2.75, 3.05) is 43.6 Å². The summed E-state index contributed by atoms with van der Waals surface area (Å²) in [6.07, 6.45) is 0. The van der Waals surface area contributed by atoms with Crippen molar-refractivity contribution in [3.8, 4) is 0 Å². The first-order valence-electron chi connectivity index (χ1n) is 7.90. The molecule has 0 bridgehead atoms. The predicted octanol–water partition coefficient (Wildman–Crippen LogP) is 2.81. The van der Waals surface area contributed by atoms with Crippen LogP contribution in [0, 0.1) is 6.92 Å². The standard InChI is InChI=1S/C17H19ClN4O3/c1-11-9-15(22-5-7-25-8-6-22)21-17(19-11)20-14-10-12(16(23)24-2)3-4-13(14)18/h3-4,9-10H,5-8H2,1-2H3,(H,19,20,21). The lowest BCUT2D eigenvalue weighted by molar-refractivity contribution is 0.0601. The van der Waals surface area contributed by atoms with Crippen LogP contribution in [0.2, 0.25) is 5.02 Å². The number of aromatic nitrogens is 2. The molecule has 0 aliphatic carbocycles. The van der Waals surface area contributed by atoms with E-state index in [4.69, 9.17) is 21.1 Å². The topological polar surface area (TPSA) is 76.6 Å². The molecule has 1 N–H and O–H groups in total. The van der Waals surface area contributed by atoms with E-state index in [9.17, 15) is 4.79 Å². The first-order chi connectivity index (χ1) is 12.1. The number of hydrogen-bond donors (Lipinski definition) is 1. The fourth-order valence-electron chi connectivity index (χ4n) is 2.55. The van der Waals surface area contributed by atoms with E-state index in [0.717, 1.165) is 24.6 Å². The highest BCUT2D eigenvalue weighted by Gasteiger charge is 2.15. The first kappa shape index (κ1) is 17.4. The molecule has 3 rings (SSSR count). The van der Waals surface area contributed by atoms with Gasteiger partial charge in [-0.05, 0) is 25.1 Å². The van der Waals surface area contributed by atoms with Gasteiger partial charge in [0.15, 0.2) is 0 Å². The van der Waals surface area contributed by atoms with Gasteiger partial charge in [0.05, 0.1) is 36.6 Å². The van der Waals surface area contributed by atoms with Gasteiger partial charge >= 0.3 is 5.97 Å². The minimum Gasteiger partial charge on any atom is -0.465 e. The number of esters is 1. The summed E-state index contributed by atoms with van der Waals surface area (Å²) in [6.45, 7) is 4.84. The van der Waals surface area contributed by atoms with Crippen molar-refractivity contribution in [2.24, 2.45) is 0 Å². The second kappa shape index (κ2) is 7.67. The Kier molecular flexibility index (Phi) is 5.35. The van der Waals surface area contributed by atoms with Crippen molar-refractivity contribution in [2.45, 2.75) is 6.92 Å². The second-order valence-electron chi connectivity index (χ2n) is 5.60. The summed E-state index contributed by atoms with van der Waals surface area (Å²) in [6, 6.07) is 6.79. The molecule has 25 heavy (non-hydrogen) atoms. The molecule has 1 aromatic heterocycles. The third-order valence-corrected chi connectivity index (χ3v) is 4.14. The molecule has 0 unspecified atom stereocenters. The number of hydrogen-bond acceptors (Lipinski definition) is 7. The van der Waals surface area contributed by atoms with Crippen molar-refractivity contribution in [1.82, 2.24) is 9.97 Å². The fourth-order valence-corrected chi connectivity index (χ4v) is 2.71. The van der Waals surface area contributed by atoms with Gasteiger partial charge in [-0.2, -0.15) is 4.98 Å². The third-order valence-electron chi connectivity index (χ3n) is 3.81. The van der Waals surface area contributed by atoms with Crippen LogP contribution in [-0.4, -0.2) is 49.4 Å². The molecule has 0 spiro atoms. The molecule has 0 atom stereocenters. The van der Waals surface area contributed by atoms with E-state index in [1.54, 1.807) is 18.2 Å². The van der Waals surface area contributed by atoms with Crippen molar-refractivity contribution >= 4 is 35.0 Å². The molecule has 2 aromatic rings. The molecule has 2 heterocycles. The van der Waals surface area contributed by atoms with Gasteiger partial charge in [-0.1, -0.05) is 11.6 Å². The highest BCUT2D eigenvalue weighted by Crippen LogP contribution is 2.27.